The molecule has 5 rings (SSSR count). The van der Waals surface area contributed by atoms with Gasteiger partial charge in [0.15, 0.2) is 0 Å². The van der Waals surface area contributed by atoms with E-state index < -0.39 is 0 Å². The SMILES string of the molecule is CNCc1cc(Cl)c(OCc2cccc(-c3cccc(COc4nc(OC)c(CN[C@@H]5CCCC[C@@H]5O)cc4Cl)c3C)c2C)nc1OC. The highest BCUT2D eigenvalue weighted by Crippen LogP contribution is 2.34. The number of hydrogen-bond acceptors (Lipinski definition) is 9. The Labute approximate surface area is 292 Å². The molecule has 11 heteroatoms. The molecule has 0 bridgehead atoms. The molecule has 2 aromatic heterocycles. The second-order valence-corrected chi connectivity index (χ2v) is 12.8. The predicted octanol–water partition coefficient (Wildman–Crippen LogP) is 7.35. The van der Waals surface area contributed by atoms with Gasteiger partial charge in [-0.05, 0) is 79.3 Å². The van der Waals surface area contributed by atoms with Crippen molar-refractivity contribution in [3.8, 4) is 34.6 Å². The van der Waals surface area contributed by atoms with Gasteiger partial charge in [0.1, 0.15) is 23.3 Å². The monoisotopic (exact) mass is 694 g/mol. The van der Waals surface area contributed by atoms with Gasteiger partial charge in [-0.25, -0.2) is 0 Å². The number of rotatable bonds is 14. The minimum absolute atomic E-state index is 0.0468. The maximum Gasteiger partial charge on any atom is 0.236 e. The van der Waals surface area contributed by atoms with Crippen LogP contribution in [0.25, 0.3) is 11.1 Å². The van der Waals surface area contributed by atoms with Crippen molar-refractivity contribution < 1.29 is 24.1 Å². The molecular formula is C37H44Cl2N4O5. The van der Waals surface area contributed by atoms with Crippen LogP contribution < -0.4 is 29.6 Å². The van der Waals surface area contributed by atoms with Gasteiger partial charge in [0.2, 0.25) is 23.5 Å². The Hall–Kier alpha value is -3.60. The molecule has 256 valence electrons. The maximum atomic E-state index is 10.3. The number of halogens is 2. The number of ether oxygens (including phenoxy) is 4. The summed E-state index contributed by atoms with van der Waals surface area (Å²) in [6.07, 6.45) is 3.57. The second-order valence-electron chi connectivity index (χ2n) is 12.0. The molecule has 1 aliphatic carbocycles. The largest absolute Gasteiger partial charge is 0.481 e. The molecule has 2 heterocycles. The number of pyridine rings is 2. The average molecular weight is 696 g/mol. The third-order valence-corrected chi connectivity index (χ3v) is 9.46. The molecule has 2 atom stereocenters. The van der Waals surface area contributed by atoms with Gasteiger partial charge in [-0.15, -0.1) is 0 Å². The van der Waals surface area contributed by atoms with E-state index in [1.165, 1.54) is 0 Å². The van der Waals surface area contributed by atoms with Gasteiger partial charge >= 0.3 is 0 Å². The molecule has 0 spiro atoms. The molecule has 1 saturated carbocycles. The Bertz CT molecular complexity index is 1720. The van der Waals surface area contributed by atoms with Gasteiger partial charge in [-0.2, -0.15) is 9.97 Å². The zero-order chi connectivity index (χ0) is 34.2. The Kier molecular flexibility index (Phi) is 12.4. The topological polar surface area (TPSA) is 107 Å². The number of aliphatic hydroxyl groups excluding tert-OH is 1. The molecule has 0 saturated heterocycles. The van der Waals surface area contributed by atoms with Gasteiger partial charge in [0.05, 0.1) is 20.3 Å². The summed E-state index contributed by atoms with van der Waals surface area (Å²) < 4.78 is 23.3. The summed E-state index contributed by atoms with van der Waals surface area (Å²) in [5, 5.41) is 17.7. The molecule has 1 fully saturated rings. The van der Waals surface area contributed by atoms with Gasteiger partial charge in [-0.3, -0.25) is 0 Å². The first-order chi connectivity index (χ1) is 23.2. The third-order valence-electron chi connectivity index (χ3n) is 8.92. The molecule has 0 aliphatic heterocycles. The summed E-state index contributed by atoms with van der Waals surface area (Å²) in [7, 11) is 5.01. The zero-order valence-electron chi connectivity index (χ0n) is 28.2. The van der Waals surface area contributed by atoms with Gasteiger partial charge in [-0.1, -0.05) is 72.4 Å². The fraction of sp³-hybridized carbons (Fsp3) is 0.405. The minimum atomic E-state index is -0.346. The van der Waals surface area contributed by atoms with Crippen LogP contribution in [0.1, 0.15) is 59.1 Å². The van der Waals surface area contributed by atoms with Crippen molar-refractivity contribution in [1.82, 2.24) is 20.6 Å². The number of nitrogens with one attached hydrogen (secondary N) is 2. The van der Waals surface area contributed by atoms with Crippen molar-refractivity contribution in [2.75, 3.05) is 21.3 Å². The normalized spacial score (nSPS) is 16.1. The first-order valence-electron chi connectivity index (χ1n) is 16.2. The third kappa shape index (κ3) is 8.33. The molecule has 3 N–H and O–H groups in total. The van der Waals surface area contributed by atoms with Crippen LogP contribution in [0.15, 0.2) is 48.5 Å². The van der Waals surface area contributed by atoms with E-state index in [9.17, 15) is 5.11 Å². The smallest absolute Gasteiger partial charge is 0.236 e. The van der Waals surface area contributed by atoms with Crippen LogP contribution in [-0.4, -0.2) is 48.5 Å². The van der Waals surface area contributed by atoms with Gasteiger partial charge in [0.25, 0.3) is 0 Å². The first kappa shape index (κ1) is 35.7. The molecule has 2 aromatic carbocycles. The molecule has 0 radical (unpaired) electrons. The fourth-order valence-corrected chi connectivity index (χ4v) is 6.59. The lowest BCUT2D eigenvalue weighted by atomic mass is 9.92. The van der Waals surface area contributed by atoms with Gasteiger partial charge in [0, 0.05) is 30.3 Å². The summed E-state index contributed by atoms with van der Waals surface area (Å²) in [5.74, 6) is 1.54. The molecule has 0 amide bonds. The van der Waals surface area contributed by atoms with E-state index in [2.05, 4.69) is 46.6 Å². The standard InChI is InChI=1S/C37H44Cl2N4O5/c1-22-24(20-47-36-30(38)16-26(18-40-3)34(42-36)45-4)10-8-12-28(22)29-13-9-11-25(23(29)2)21-48-37-31(39)17-27(35(43-37)46-5)19-41-32-14-6-7-15-33(32)44/h8-13,16-17,32-33,40-41,44H,6-7,14-15,18-21H2,1-5H3/t32-,33+/m1/s1. The predicted molar refractivity (Wildman–Crippen MR) is 189 cm³/mol. The van der Waals surface area contributed by atoms with Crippen LogP contribution in [0, 0.1) is 13.8 Å². The average Bonchev–Trinajstić information content (AvgIpc) is 3.08. The van der Waals surface area contributed by atoms with Crippen LogP contribution >= 0.6 is 23.2 Å². The second kappa shape index (κ2) is 16.7. The van der Waals surface area contributed by atoms with Gasteiger partial charge < -0.3 is 34.7 Å². The molecule has 0 unspecified atom stereocenters. The Morgan fingerprint density at radius 2 is 1.23 bits per heavy atom. The van der Waals surface area contributed by atoms with Crippen LogP contribution in [-0.2, 0) is 26.3 Å². The number of aromatic nitrogens is 2. The van der Waals surface area contributed by atoms with Crippen molar-refractivity contribution in [1.29, 1.82) is 0 Å². The maximum absolute atomic E-state index is 10.3. The molecule has 9 nitrogen and oxygen atoms in total. The van der Waals surface area contributed by atoms with Crippen LogP contribution in [0.2, 0.25) is 10.0 Å². The number of benzene rings is 2. The Balaban J connectivity index is 1.29. The lowest BCUT2D eigenvalue weighted by Crippen LogP contribution is -2.41. The van der Waals surface area contributed by atoms with E-state index in [-0.39, 0.29) is 18.8 Å². The lowest BCUT2D eigenvalue weighted by molar-refractivity contribution is 0.0901. The molecule has 4 aromatic rings. The van der Waals surface area contributed by atoms with E-state index in [4.69, 9.17) is 42.1 Å². The molecule has 1 aliphatic rings. The van der Waals surface area contributed by atoms with Crippen molar-refractivity contribution in [2.45, 2.75) is 78.0 Å². The lowest BCUT2D eigenvalue weighted by Gasteiger charge is -2.28. The Morgan fingerprint density at radius 1 is 0.729 bits per heavy atom. The van der Waals surface area contributed by atoms with E-state index in [1.807, 2.05) is 43.4 Å². The van der Waals surface area contributed by atoms with Crippen molar-refractivity contribution in [3.63, 3.8) is 0 Å². The fourth-order valence-electron chi connectivity index (χ4n) is 6.13. The van der Waals surface area contributed by atoms with E-state index >= 15 is 0 Å². The van der Waals surface area contributed by atoms with Crippen molar-refractivity contribution in [2.24, 2.45) is 0 Å². The van der Waals surface area contributed by atoms with E-state index in [1.54, 1.807) is 14.2 Å². The number of nitrogens with zero attached hydrogens (tertiary/aromatic N) is 2. The van der Waals surface area contributed by atoms with Crippen LogP contribution in [0.5, 0.6) is 23.5 Å². The molecular weight excluding hydrogens is 651 g/mol. The summed E-state index contributed by atoms with van der Waals surface area (Å²) in [6, 6.07) is 16.0. The highest BCUT2D eigenvalue weighted by Gasteiger charge is 2.23. The summed E-state index contributed by atoms with van der Waals surface area (Å²) in [6.45, 7) is 5.81. The molecule has 48 heavy (non-hydrogen) atoms. The van der Waals surface area contributed by atoms with Crippen LogP contribution in [0.3, 0.4) is 0 Å². The van der Waals surface area contributed by atoms with Crippen LogP contribution in [0.4, 0.5) is 0 Å². The highest BCUT2D eigenvalue weighted by atomic mass is 35.5. The van der Waals surface area contributed by atoms with Crippen molar-refractivity contribution in [3.05, 3.63) is 92.0 Å². The van der Waals surface area contributed by atoms with E-state index in [0.717, 1.165) is 70.2 Å². The van der Waals surface area contributed by atoms with Crippen molar-refractivity contribution >= 4 is 23.2 Å². The zero-order valence-corrected chi connectivity index (χ0v) is 29.7. The highest BCUT2D eigenvalue weighted by molar-refractivity contribution is 6.32. The Morgan fingerprint density at radius 3 is 1.71 bits per heavy atom. The summed E-state index contributed by atoms with van der Waals surface area (Å²) in [5.41, 5.74) is 8.05. The number of aliphatic hydroxyl groups is 1. The summed E-state index contributed by atoms with van der Waals surface area (Å²) >= 11 is 13.2. The minimum Gasteiger partial charge on any atom is -0.481 e. The quantitative estimate of drug-likeness (QED) is 0.125. The first-order valence-corrected chi connectivity index (χ1v) is 16.9. The summed E-state index contributed by atoms with van der Waals surface area (Å²) in [4.78, 5) is 9.08. The number of methoxy groups -OCH3 is 2. The number of hydrogen-bond donors (Lipinski definition) is 3. The van der Waals surface area contributed by atoms with E-state index in [0.29, 0.717) is 53.3 Å².